The summed E-state index contributed by atoms with van der Waals surface area (Å²) in [4.78, 5) is 0. The zero-order valence-electron chi connectivity index (χ0n) is 31.9. The van der Waals surface area contributed by atoms with Crippen molar-refractivity contribution in [2.45, 2.75) is 48.0 Å². The fraction of sp³-hybridized carbons (Fsp3) is 0.234. The summed E-state index contributed by atoms with van der Waals surface area (Å²) in [5.41, 5.74) is 12.5. The van der Waals surface area contributed by atoms with Crippen LogP contribution in [0.2, 0.25) is 0 Å². The lowest BCUT2D eigenvalue weighted by molar-refractivity contribution is 0.248. The Morgan fingerprint density at radius 1 is 0.434 bits per heavy atom. The van der Waals surface area contributed by atoms with Crippen LogP contribution in [0.3, 0.4) is 0 Å². The molecule has 0 aliphatic rings. The lowest BCUT2D eigenvalue weighted by atomic mass is 9.92. The lowest BCUT2D eigenvalue weighted by Crippen LogP contribution is -2.06. The highest BCUT2D eigenvalue weighted by Gasteiger charge is 2.19. The minimum atomic E-state index is 0.204. The maximum absolute atomic E-state index is 11.6. The van der Waals surface area contributed by atoms with Gasteiger partial charge in [-0.1, -0.05) is 36.4 Å². The average molecular weight is 709 g/mol. The fourth-order valence-electron chi connectivity index (χ4n) is 7.32. The van der Waals surface area contributed by atoms with Crippen LogP contribution in [0, 0.1) is 41.5 Å². The molecule has 6 aromatic rings. The SMILES string of the molecule is COc1c(C)cc(-c2cc(C)cc(-c3ccccc3OCCCOc3ccccc3-c3cc(C)cc(-c4cc(C)c(OC)c(C)c4)c3O)c2O)cc1C. The molecule has 0 bridgehead atoms. The van der Waals surface area contributed by atoms with E-state index >= 15 is 0 Å². The zero-order valence-corrected chi connectivity index (χ0v) is 31.9. The van der Waals surface area contributed by atoms with E-state index in [2.05, 4.69) is 0 Å². The molecular formula is C47H48O6. The van der Waals surface area contributed by atoms with Crippen LogP contribution in [0.1, 0.15) is 39.8 Å². The van der Waals surface area contributed by atoms with Crippen LogP contribution in [-0.2, 0) is 0 Å². The third-order valence-corrected chi connectivity index (χ3v) is 9.62. The second-order valence-corrected chi connectivity index (χ2v) is 13.7. The number of rotatable bonds is 12. The molecule has 6 aromatic carbocycles. The van der Waals surface area contributed by atoms with Crippen molar-refractivity contribution in [3.8, 4) is 79.0 Å². The molecule has 6 heteroatoms. The molecule has 6 nitrogen and oxygen atoms in total. The Hall–Kier alpha value is -5.88. The van der Waals surface area contributed by atoms with Crippen molar-refractivity contribution < 1.29 is 29.2 Å². The third kappa shape index (κ3) is 7.68. The molecule has 0 spiro atoms. The number of ether oxygens (including phenoxy) is 4. The van der Waals surface area contributed by atoms with Gasteiger partial charge in [-0.2, -0.15) is 0 Å². The second kappa shape index (κ2) is 15.8. The highest BCUT2D eigenvalue weighted by molar-refractivity contribution is 5.87. The largest absolute Gasteiger partial charge is 0.507 e. The van der Waals surface area contributed by atoms with E-state index in [0.29, 0.717) is 42.3 Å². The van der Waals surface area contributed by atoms with Gasteiger partial charge in [0.05, 0.1) is 27.4 Å². The Labute approximate surface area is 313 Å². The maximum Gasteiger partial charge on any atom is 0.131 e. The molecule has 0 saturated carbocycles. The minimum absolute atomic E-state index is 0.204. The van der Waals surface area contributed by atoms with E-state index in [-0.39, 0.29) is 11.5 Å². The number of aromatic hydroxyl groups is 2. The van der Waals surface area contributed by atoms with E-state index in [1.165, 1.54) is 0 Å². The highest BCUT2D eigenvalue weighted by atomic mass is 16.5. The Bertz CT molecular complexity index is 2080. The molecule has 53 heavy (non-hydrogen) atoms. The predicted molar refractivity (Wildman–Crippen MR) is 215 cm³/mol. The number of phenolic OH excluding ortho intramolecular Hbond substituents is 2. The van der Waals surface area contributed by atoms with E-state index in [4.69, 9.17) is 18.9 Å². The summed E-state index contributed by atoms with van der Waals surface area (Å²) in [6, 6.07) is 31.8. The number of hydrogen-bond acceptors (Lipinski definition) is 6. The number of benzene rings is 6. The third-order valence-electron chi connectivity index (χ3n) is 9.62. The second-order valence-electron chi connectivity index (χ2n) is 13.7. The molecule has 6 rings (SSSR count). The van der Waals surface area contributed by atoms with Crippen molar-refractivity contribution in [1.82, 2.24) is 0 Å². The molecule has 0 amide bonds. The van der Waals surface area contributed by atoms with Gasteiger partial charge in [-0.25, -0.2) is 0 Å². The van der Waals surface area contributed by atoms with Gasteiger partial charge in [0.1, 0.15) is 34.5 Å². The van der Waals surface area contributed by atoms with Crippen molar-refractivity contribution in [2.75, 3.05) is 27.4 Å². The summed E-state index contributed by atoms with van der Waals surface area (Å²) in [5.74, 6) is 3.48. The summed E-state index contributed by atoms with van der Waals surface area (Å²) < 4.78 is 23.8. The van der Waals surface area contributed by atoms with Gasteiger partial charge < -0.3 is 29.2 Å². The van der Waals surface area contributed by atoms with Crippen LogP contribution in [0.5, 0.6) is 34.5 Å². The van der Waals surface area contributed by atoms with E-state index < -0.39 is 0 Å². The smallest absolute Gasteiger partial charge is 0.131 e. The molecular weight excluding hydrogens is 661 g/mol. The number of para-hydroxylation sites is 2. The summed E-state index contributed by atoms with van der Waals surface area (Å²) in [6.45, 7) is 12.9. The molecule has 0 radical (unpaired) electrons. The molecule has 0 unspecified atom stereocenters. The molecule has 0 aliphatic carbocycles. The predicted octanol–water partition coefficient (Wildman–Crippen LogP) is 11.5. The molecule has 2 N–H and O–H groups in total. The quantitative estimate of drug-likeness (QED) is 0.123. The van der Waals surface area contributed by atoms with Crippen LogP contribution < -0.4 is 18.9 Å². The lowest BCUT2D eigenvalue weighted by Gasteiger charge is -2.18. The first-order valence-electron chi connectivity index (χ1n) is 17.9. The van der Waals surface area contributed by atoms with Crippen LogP contribution in [0.25, 0.3) is 44.5 Å². The standard InChI is InChI=1S/C47H48O6/c1-28-20-38(34-24-30(3)46(50-7)31(4)25-34)44(48)40(22-28)36-14-9-11-16-42(36)52-18-13-19-53-43-17-12-10-15-37(43)41-23-29(2)21-39(45(41)49)35-26-32(5)47(51-8)33(6)27-35/h9-12,14-17,20-27,48-49H,13,18-19H2,1-8H3. The molecule has 0 saturated heterocycles. The first kappa shape index (κ1) is 36.9. The average Bonchev–Trinajstić information content (AvgIpc) is 3.13. The summed E-state index contributed by atoms with van der Waals surface area (Å²) in [5, 5.41) is 23.3. The number of methoxy groups -OCH3 is 2. The highest BCUT2D eigenvalue weighted by Crippen LogP contribution is 2.45. The van der Waals surface area contributed by atoms with Crippen LogP contribution >= 0.6 is 0 Å². The normalized spacial score (nSPS) is 11.0. The van der Waals surface area contributed by atoms with Crippen molar-refractivity contribution in [1.29, 1.82) is 0 Å². The van der Waals surface area contributed by atoms with E-state index in [0.717, 1.165) is 78.3 Å². The number of aryl methyl sites for hydroxylation is 6. The minimum Gasteiger partial charge on any atom is -0.507 e. The zero-order chi connectivity index (χ0) is 37.8. The van der Waals surface area contributed by atoms with Crippen molar-refractivity contribution in [3.63, 3.8) is 0 Å². The first-order valence-corrected chi connectivity index (χ1v) is 17.9. The molecule has 0 fully saturated rings. The van der Waals surface area contributed by atoms with E-state index in [1.54, 1.807) is 14.2 Å². The summed E-state index contributed by atoms with van der Waals surface area (Å²) >= 11 is 0. The molecule has 272 valence electrons. The Morgan fingerprint density at radius 3 is 1.13 bits per heavy atom. The molecule has 0 aromatic heterocycles. The van der Waals surface area contributed by atoms with Gasteiger partial charge >= 0.3 is 0 Å². The van der Waals surface area contributed by atoms with Gasteiger partial charge in [0.15, 0.2) is 0 Å². The summed E-state index contributed by atoms with van der Waals surface area (Å²) in [7, 11) is 3.36. The van der Waals surface area contributed by atoms with Crippen molar-refractivity contribution >= 4 is 0 Å². The first-order chi connectivity index (χ1) is 25.5. The topological polar surface area (TPSA) is 77.4 Å². The number of phenols is 2. The van der Waals surface area contributed by atoms with Gasteiger partial charge in [-0.3, -0.25) is 0 Å². The van der Waals surface area contributed by atoms with Crippen LogP contribution in [-0.4, -0.2) is 37.6 Å². The Kier molecular flexibility index (Phi) is 11.0. The van der Waals surface area contributed by atoms with Gasteiger partial charge in [0, 0.05) is 39.8 Å². The van der Waals surface area contributed by atoms with E-state index in [1.807, 2.05) is 139 Å². The van der Waals surface area contributed by atoms with Crippen molar-refractivity contribution in [2.24, 2.45) is 0 Å². The van der Waals surface area contributed by atoms with Crippen LogP contribution in [0.15, 0.2) is 97.1 Å². The molecule has 0 atom stereocenters. The maximum atomic E-state index is 11.6. The Balaban J connectivity index is 1.19. The summed E-state index contributed by atoms with van der Waals surface area (Å²) in [6.07, 6.45) is 0.619. The van der Waals surface area contributed by atoms with Gasteiger partial charge in [-0.15, -0.1) is 0 Å². The molecule has 0 heterocycles. The monoisotopic (exact) mass is 708 g/mol. The molecule has 0 aliphatic heterocycles. The van der Waals surface area contributed by atoms with Crippen molar-refractivity contribution in [3.05, 3.63) is 130 Å². The van der Waals surface area contributed by atoms with Crippen LogP contribution in [0.4, 0.5) is 0 Å². The Morgan fingerprint density at radius 2 is 0.774 bits per heavy atom. The van der Waals surface area contributed by atoms with E-state index in [9.17, 15) is 10.2 Å². The van der Waals surface area contributed by atoms with Gasteiger partial charge in [-0.05, 0) is 147 Å². The van der Waals surface area contributed by atoms with Gasteiger partial charge in [0.25, 0.3) is 0 Å². The number of hydrogen-bond donors (Lipinski definition) is 2. The van der Waals surface area contributed by atoms with Gasteiger partial charge in [0.2, 0.25) is 0 Å². The fourth-order valence-corrected chi connectivity index (χ4v) is 7.32.